The van der Waals surface area contributed by atoms with Gasteiger partial charge in [0.15, 0.2) is 0 Å². The second kappa shape index (κ2) is 5.10. The monoisotopic (exact) mass is 258 g/mol. The Morgan fingerprint density at radius 3 is 2.53 bits per heavy atom. The van der Waals surface area contributed by atoms with E-state index in [0.29, 0.717) is 11.4 Å². The van der Waals surface area contributed by atoms with E-state index < -0.39 is 11.7 Å². The first-order valence-corrected chi connectivity index (χ1v) is 5.91. The van der Waals surface area contributed by atoms with Crippen molar-refractivity contribution in [2.24, 2.45) is 0 Å². The van der Waals surface area contributed by atoms with E-state index in [1.54, 1.807) is 31.2 Å². The Morgan fingerprint density at radius 2 is 1.89 bits per heavy atom. The third kappa shape index (κ3) is 2.91. The van der Waals surface area contributed by atoms with Gasteiger partial charge in [0, 0.05) is 11.4 Å². The number of benzene rings is 2. The molecule has 19 heavy (non-hydrogen) atoms. The smallest absolute Gasteiger partial charge is 0.258 e. The van der Waals surface area contributed by atoms with Crippen LogP contribution >= 0.6 is 0 Å². The Morgan fingerprint density at radius 1 is 1.16 bits per heavy atom. The fourth-order valence-electron chi connectivity index (χ4n) is 1.76. The van der Waals surface area contributed by atoms with E-state index in [9.17, 15) is 9.18 Å². The highest BCUT2D eigenvalue weighted by molar-refractivity contribution is 6.04. The highest BCUT2D eigenvalue weighted by Crippen LogP contribution is 2.18. The number of aryl methyl sites for hydroxylation is 2. The summed E-state index contributed by atoms with van der Waals surface area (Å²) in [5.74, 6) is -0.994. The largest absolute Gasteiger partial charge is 0.399 e. The van der Waals surface area contributed by atoms with Crippen molar-refractivity contribution in [3.8, 4) is 0 Å². The Labute approximate surface area is 111 Å². The minimum absolute atomic E-state index is 0.0279. The van der Waals surface area contributed by atoms with Gasteiger partial charge >= 0.3 is 0 Å². The standard InChI is InChI=1S/C15H15FN2O/c1-9-3-5-12(13(16)7-9)15(19)18-11-4-6-14(17)10(2)8-11/h3-8H,17H2,1-2H3,(H,18,19). The first-order valence-electron chi connectivity index (χ1n) is 5.91. The summed E-state index contributed by atoms with van der Waals surface area (Å²) in [6.07, 6.45) is 0. The van der Waals surface area contributed by atoms with Gasteiger partial charge in [-0.05, 0) is 55.3 Å². The van der Waals surface area contributed by atoms with Gasteiger partial charge in [-0.25, -0.2) is 4.39 Å². The molecule has 0 spiro atoms. The average Bonchev–Trinajstić information content (AvgIpc) is 2.33. The Bertz CT molecular complexity index is 638. The Kier molecular flexibility index (Phi) is 3.51. The summed E-state index contributed by atoms with van der Waals surface area (Å²) in [5.41, 5.74) is 8.61. The summed E-state index contributed by atoms with van der Waals surface area (Å²) in [5, 5.41) is 2.65. The molecule has 0 bridgehead atoms. The van der Waals surface area contributed by atoms with Crippen molar-refractivity contribution >= 4 is 17.3 Å². The number of anilines is 2. The summed E-state index contributed by atoms with van der Waals surface area (Å²) in [7, 11) is 0. The minimum atomic E-state index is -0.523. The summed E-state index contributed by atoms with van der Waals surface area (Å²) >= 11 is 0. The predicted octanol–water partition coefficient (Wildman–Crippen LogP) is 3.28. The van der Waals surface area contributed by atoms with E-state index in [4.69, 9.17) is 5.73 Å². The zero-order valence-electron chi connectivity index (χ0n) is 10.8. The van der Waals surface area contributed by atoms with Crippen LogP contribution in [0.4, 0.5) is 15.8 Å². The second-order valence-corrected chi connectivity index (χ2v) is 4.51. The summed E-state index contributed by atoms with van der Waals surface area (Å²) in [6.45, 7) is 3.62. The van der Waals surface area contributed by atoms with Gasteiger partial charge in [-0.3, -0.25) is 4.79 Å². The molecule has 3 N–H and O–H groups in total. The molecule has 0 aliphatic heterocycles. The van der Waals surface area contributed by atoms with Crippen LogP contribution in [0.5, 0.6) is 0 Å². The highest BCUT2D eigenvalue weighted by Gasteiger charge is 2.12. The molecule has 98 valence electrons. The maximum atomic E-state index is 13.7. The Balaban J connectivity index is 2.23. The third-order valence-electron chi connectivity index (χ3n) is 2.90. The predicted molar refractivity (Wildman–Crippen MR) is 74.7 cm³/mol. The zero-order chi connectivity index (χ0) is 14.0. The van der Waals surface area contributed by atoms with E-state index >= 15 is 0 Å². The number of halogens is 1. The van der Waals surface area contributed by atoms with Gasteiger partial charge in [-0.1, -0.05) is 6.07 Å². The molecule has 0 atom stereocenters. The number of nitrogen functional groups attached to an aromatic ring is 1. The molecule has 2 rings (SSSR count). The van der Waals surface area contributed by atoms with Crippen molar-refractivity contribution in [3.63, 3.8) is 0 Å². The molecule has 3 nitrogen and oxygen atoms in total. The highest BCUT2D eigenvalue weighted by atomic mass is 19.1. The fourth-order valence-corrected chi connectivity index (χ4v) is 1.76. The van der Waals surface area contributed by atoms with Crippen LogP contribution in [0.3, 0.4) is 0 Å². The fraction of sp³-hybridized carbons (Fsp3) is 0.133. The lowest BCUT2D eigenvalue weighted by molar-refractivity contribution is 0.102. The molecule has 4 heteroatoms. The molecule has 0 heterocycles. The number of carbonyl (C=O) groups is 1. The molecule has 1 amide bonds. The lowest BCUT2D eigenvalue weighted by Crippen LogP contribution is -2.14. The van der Waals surface area contributed by atoms with Crippen LogP contribution in [0, 0.1) is 19.7 Å². The SMILES string of the molecule is Cc1ccc(C(=O)Nc2ccc(N)c(C)c2)c(F)c1. The third-order valence-corrected chi connectivity index (χ3v) is 2.90. The van der Waals surface area contributed by atoms with E-state index in [0.717, 1.165) is 11.1 Å². The van der Waals surface area contributed by atoms with Crippen LogP contribution in [0.25, 0.3) is 0 Å². The number of hydrogen-bond acceptors (Lipinski definition) is 2. The Hall–Kier alpha value is -2.36. The van der Waals surface area contributed by atoms with Crippen LogP contribution < -0.4 is 11.1 Å². The first kappa shape index (κ1) is 13.1. The van der Waals surface area contributed by atoms with Gasteiger partial charge in [-0.15, -0.1) is 0 Å². The molecule has 0 radical (unpaired) electrons. The summed E-state index contributed by atoms with van der Waals surface area (Å²) in [6, 6.07) is 9.65. The van der Waals surface area contributed by atoms with E-state index in [-0.39, 0.29) is 5.56 Å². The molecule has 0 fully saturated rings. The van der Waals surface area contributed by atoms with Crippen LogP contribution in [-0.4, -0.2) is 5.91 Å². The molecular weight excluding hydrogens is 243 g/mol. The van der Waals surface area contributed by atoms with Crippen molar-refractivity contribution in [2.75, 3.05) is 11.1 Å². The number of hydrogen-bond donors (Lipinski definition) is 2. The molecule has 0 saturated heterocycles. The van der Waals surface area contributed by atoms with Crippen molar-refractivity contribution in [2.45, 2.75) is 13.8 Å². The van der Waals surface area contributed by atoms with Crippen molar-refractivity contribution in [3.05, 3.63) is 58.9 Å². The summed E-state index contributed by atoms with van der Waals surface area (Å²) in [4.78, 5) is 12.0. The lowest BCUT2D eigenvalue weighted by Gasteiger charge is -2.08. The number of nitrogens with two attached hydrogens (primary N) is 1. The average molecular weight is 258 g/mol. The molecule has 2 aromatic rings. The van der Waals surface area contributed by atoms with E-state index in [2.05, 4.69) is 5.32 Å². The van der Waals surface area contributed by atoms with Crippen LogP contribution in [0.1, 0.15) is 21.5 Å². The topological polar surface area (TPSA) is 55.1 Å². The number of carbonyl (C=O) groups excluding carboxylic acids is 1. The van der Waals surface area contributed by atoms with Gasteiger partial charge in [-0.2, -0.15) is 0 Å². The molecule has 0 aliphatic carbocycles. The van der Waals surface area contributed by atoms with Crippen molar-refractivity contribution in [1.29, 1.82) is 0 Å². The van der Waals surface area contributed by atoms with Gasteiger partial charge < -0.3 is 11.1 Å². The van der Waals surface area contributed by atoms with Gasteiger partial charge in [0.25, 0.3) is 5.91 Å². The molecule has 0 saturated carbocycles. The van der Waals surface area contributed by atoms with Crippen LogP contribution in [-0.2, 0) is 0 Å². The normalized spacial score (nSPS) is 10.3. The van der Waals surface area contributed by atoms with Gasteiger partial charge in [0.2, 0.25) is 0 Å². The lowest BCUT2D eigenvalue weighted by atomic mass is 10.1. The van der Waals surface area contributed by atoms with Crippen molar-refractivity contribution in [1.82, 2.24) is 0 Å². The quantitative estimate of drug-likeness (QED) is 0.812. The zero-order valence-corrected chi connectivity index (χ0v) is 10.8. The second-order valence-electron chi connectivity index (χ2n) is 4.51. The minimum Gasteiger partial charge on any atom is -0.399 e. The van der Waals surface area contributed by atoms with Crippen LogP contribution in [0.2, 0.25) is 0 Å². The number of nitrogens with one attached hydrogen (secondary N) is 1. The molecule has 2 aromatic carbocycles. The number of rotatable bonds is 2. The van der Waals surface area contributed by atoms with E-state index in [1.807, 2.05) is 6.92 Å². The first-order chi connectivity index (χ1) is 8.97. The van der Waals surface area contributed by atoms with Crippen LogP contribution in [0.15, 0.2) is 36.4 Å². The van der Waals surface area contributed by atoms with Crippen molar-refractivity contribution < 1.29 is 9.18 Å². The van der Waals surface area contributed by atoms with Gasteiger partial charge in [0.05, 0.1) is 5.56 Å². The maximum absolute atomic E-state index is 13.7. The molecular formula is C15H15FN2O. The molecule has 0 aromatic heterocycles. The summed E-state index contributed by atoms with van der Waals surface area (Å²) < 4.78 is 13.7. The maximum Gasteiger partial charge on any atom is 0.258 e. The van der Waals surface area contributed by atoms with Gasteiger partial charge in [0.1, 0.15) is 5.82 Å². The molecule has 0 unspecified atom stereocenters. The number of amides is 1. The molecule has 0 aliphatic rings. The van der Waals surface area contributed by atoms with E-state index in [1.165, 1.54) is 12.1 Å².